The van der Waals surface area contributed by atoms with Gasteiger partial charge in [-0.25, -0.2) is 18.4 Å². The average Bonchev–Trinajstić information content (AvgIpc) is 2.92. The maximum absolute atomic E-state index is 12.5. The lowest BCUT2D eigenvalue weighted by molar-refractivity contribution is -0.155. The molecule has 0 radical (unpaired) electrons. The molecule has 1 aromatic carbocycles. The van der Waals surface area contributed by atoms with Gasteiger partial charge in [0.1, 0.15) is 12.1 Å². The second-order valence-electron chi connectivity index (χ2n) is 6.80. The molecule has 1 aromatic rings. The first kappa shape index (κ1) is 23.3. The summed E-state index contributed by atoms with van der Waals surface area (Å²) in [7, 11) is -3.86. The van der Waals surface area contributed by atoms with Crippen molar-refractivity contribution in [2.45, 2.75) is 50.2 Å². The lowest BCUT2D eigenvalue weighted by Gasteiger charge is -2.23. The Balaban J connectivity index is 1.95. The quantitative estimate of drug-likeness (QED) is 0.387. The van der Waals surface area contributed by atoms with Gasteiger partial charge in [0.2, 0.25) is 10.0 Å². The molecule has 4 amide bonds. The van der Waals surface area contributed by atoms with Crippen molar-refractivity contribution in [3.8, 4) is 0 Å². The molecule has 1 heterocycles. The molecule has 0 saturated carbocycles. The molecule has 0 aliphatic carbocycles. The molecular formula is C18H24N4O7S. The van der Waals surface area contributed by atoms with Crippen LogP contribution in [0.4, 0.5) is 10.5 Å². The molecule has 0 unspecified atom stereocenters. The van der Waals surface area contributed by atoms with Crippen molar-refractivity contribution in [2.75, 3.05) is 11.9 Å². The van der Waals surface area contributed by atoms with Crippen LogP contribution in [0.1, 0.15) is 33.6 Å². The number of urea groups is 1. The molecule has 1 saturated heterocycles. The maximum Gasteiger partial charge on any atom is 0.327 e. The number of nitrogens with one attached hydrogen (secondary N) is 2. The number of imide groups is 1. The highest BCUT2D eigenvalue weighted by atomic mass is 32.2. The molecule has 1 fully saturated rings. The number of primary sulfonamides is 1. The summed E-state index contributed by atoms with van der Waals surface area (Å²) in [5.74, 6) is -2.12. The smallest absolute Gasteiger partial charge is 0.327 e. The van der Waals surface area contributed by atoms with Crippen LogP contribution in [0.25, 0.3) is 0 Å². The molecule has 30 heavy (non-hydrogen) atoms. The minimum Gasteiger partial charge on any atom is -0.451 e. The van der Waals surface area contributed by atoms with E-state index in [1.807, 2.05) is 0 Å². The molecule has 12 heteroatoms. The average molecular weight is 440 g/mol. The Hall–Kier alpha value is -2.99. The summed E-state index contributed by atoms with van der Waals surface area (Å²) >= 11 is 0. The first-order valence-corrected chi connectivity index (χ1v) is 10.8. The fourth-order valence-corrected chi connectivity index (χ4v) is 3.45. The zero-order valence-electron chi connectivity index (χ0n) is 16.8. The van der Waals surface area contributed by atoms with Crippen LogP contribution < -0.4 is 15.8 Å². The summed E-state index contributed by atoms with van der Waals surface area (Å²) in [6.45, 7) is 4.21. The zero-order valence-corrected chi connectivity index (χ0v) is 17.6. The number of hydrogen-bond acceptors (Lipinski definition) is 7. The summed E-state index contributed by atoms with van der Waals surface area (Å²) in [5.41, 5.74) is -0.774. The maximum atomic E-state index is 12.5. The van der Waals surface area contributed by atoms with E-state index in [0.717, 1.165) is 4.90 Å². The van der Waals surface area contributed by atoms with Gasteiger partial charge in [-0.1, -0.05) is 13.8 Å². The Morgan fingerprint density at radius 3 is 2.23 bits per heavy atom. The van der Waals surface area contributed by atoms with Crippen molar-refractivity contribution < 1.29 is 32.3 Å². The molecule has 4 N–H and O–H groups in total. The van der Waals surface area contributed by atoms with E-state index in [1.54, 1.807) is 13.8 Å². The summed E-state index contributed by atoms with van der Waals surface area (Å²) in [5, 5.41) is 10.1. The van der Waals surface area contributed by atoms with Gasteiger partial charge in [0.25, 0.3) is 11.8 Å². The predicted octanol–water partition coefficient (Wildman–Crippen LogP) is 0.315. The largest absolute Gasteiger partial charge is 0.451 e. The fourth-order valence-electron chi connectivity index (χ4n) is 2.94. The van der Waals surface area contributed by atoms with Gasteiger partial charge in [-0.3, -0.25) is 19.3 Å². The highest BCUT2D eigenvalue weighted by Crippen LogP contribution is 2.24. The van der Waals surface area contributed by atoms with Gasteiger partial charge in [0.05, 0.1) is 4.90 Å². The van der Waals surface area contributed by atoms with E-state index in [0.29, 0.717) is 12.8 Å². The van der Waals surface area contributed by atoms with Crippen LogP contribution in [0.5, 0.6) is 0 Å². The van der Waals surface area contributed by atoms with Crippen LogP contribution in [-0.2, 0) is 29.1 Å². The van der Waals surface area contributed by atoms with Crippen molar-refractivity contribution in [2.24, 2.45) is 5.14 Å². The van der Waals surface area contributed by atoms with E-state index in [4.69, 9.17) is 9.88 Å². The molecule has 1 aliphatic rings. The normalized spacial score (nSPS) is 16.7. The Morgan fingerprint density at radius 2 is 1.77 bits per heavy atom. The molecule has 1 atom stereocenters. The summed E-state index contributed by atoms with van der Waals surface area (Å²) < 4.78 is 27.5. The number of ether oxygens (including phenoxy) is 1. The molecular weight excluding hydrogens is 416 g/mol. The summed E-state index contributed by atoms with van der Waals surface area (Å²) in [6, 6.07) is 4.40. The number of nitrogens with zero attached hydrogens (tertiary/aromatic N) is 1. The number of amides is 4. The van der Waals surface area contributed by atoms with E-state index in [-0.39, 0.29) is 10.6 Å². The first-order chi connectivity index (χ1) is 13.9. The van der Waals surface area contributed by atoms with Crippen LogP contribution in [0, 0.1) is 0 Å². The number of hydrogen-bond donors (Lipinski definition) is 3. The lowest BCUT2D eigenvalue weighted by atomic mass is 9.93. The number of rotatable bonds is 8. The molecule has 0 bridgehead atoms. The monoisotopic (exact) mass is 440 g/mol. The number of carbonyl (C=O) groups excluding carboxylic acids is 4. The van der Waals surface area contributed by atoms with Crippen molar-refractivity contribution in [3.05, 3.63) is 24.3 Å². The van der Waals surface area contributed by atoms with Crippen LogP contribution in [0.15, 0.2) is 29.2 Å². The number of benzene rings is 1. The minimum absolute atomic E-state index is 0.122. The second-order valence-corrected chi connectivity index (χ2v) is 8.36. The summed E-state index contributed by atoms with van der Waals surface area (Å²) in [6.07, 6.45) is -0.468. The zero-order chi connectivity index (χ0) is 22.7. The van der Waals surface area contributed by atoms with Gasteiger partial charge >= 0.3 is 12.0 Å². The topological polar surface area (TPSA) is 165 Å². The van der Waals surface area contributed by atoms with Gasteiger partial charge in [0, 0.05) is 5.69 Å². The van der Waals surface area contributed by atoms with Gasteiger partial charge in [-0.2, -0.15) is 0 Å². The van der Waals surface area contributed by atoms with Gasteiger partial charge < -0.3 is 15.4 Å². The molecule has 0 spiro atoms. The first-order valence-electron chi connectivity index (χ1n) is 9.21. The highest BCUT2D eigenvalue weighted by Gasteiger charge is 2.49. The predicted molar refractivity (Wildman–Crippen MR) is 106 cm³/mol. The highest BCUT2D eigenvalue weighted by molar-refractivity contribution is 7.89. The van der Waals surface area contributed by atoms with E-state index in [2.05, 4.69) is 10.6 Å². The van der Waals surface area contributed by atoms with Crippen molar-refractivity contribution in [1.29, 1.82) is 0 Å². The fraction of sp³-hybridized carbons (Fsp3) is 0.444. The van der Waals surface area contributed by atoms with Crippen LogP contribution in [0.2, 0.25) is 0 Å². The van der Waals surface area contributed by atoms with Crippen LogP contribution in [0.3, 0.4) is 0 Å². The Morgan fingerprint density at radius 1 is 1.20 bits per heavy atom. The molecule has 1 aliphatic heterocycles. The number of nitrogens with two attached hydrogens (primary N) is 1. The Labute approximate surface area is 174 Å². The molecule has 0 aromatic heterocycles. The SMILES string of the molecule is CCC1(CC)NC(=O)N(CC(=O)O[C@H](C)C(=O)Nc2ccc(S(N)(=O)=O)cc2)C1=O. The third-order valence-corrected chi connectivity index (χ3v) is 5.80. The Bertz CT molecular complexity index is 955. The van der Waals surface area contributed by atoms with Crippen LogP contribution in [-0.4, -0.2) is 55.3 Å². The van der Waals surface area contributed by atoms with Crippen molar-refractivity contribution in [1.82, 2.24) is 10.2 Å². The molecule has 11 nitrogen and oxygen atoms in total. The number of anilines is 1. The summed E-state index contributed by atoms with van der Waals surface area (Å²) in [4.78, 5) is 49.6. The van der Waals surface area contributed by atoms with Crippen molar-refractivity contribution in [3.63, 3.8) is 0 Å². The number of sulfonamides is 1. The van der Waals surface area contributed by atoms with Gasteiger partial charge in [0.15, 0.2) is 6.10 Å². The second kappa shape index (κ2) is 8.79. The van der Waals surface area contributed by atoms with Crippen LogP contribution >= 0.6 is 0 Å². The lowest BCUT2D eigenvalue weighted by Crippen LogP contribution is -2.46. The van der Waals surface area contributed by atoms with Gasteiger partial charge in [-0.15, -0.1) is 0 Å². The third-order valence-electron chi connectivity index (χ3n) is 4.87. The van der Waals surface area contributed by atoms with Gasteiger partial charge in [-0.05, 0) is 44.0 Å². The Kier molecular flexibility index (Phi) is 6.83. The van der Waals surface area contributed by atoms with E-state index < -0.39 is 52.0 Å². The molecule has 2 rings (SSSR count). The third kappa shape index (κ3) is 4.94. The standard InChI is InChI=1S/C18H24N4O7S/c1-4-18(5-2)16(25)22(17(26)21-18)10-14(23)29-11(3)15(24)20-12-6-8-13(9-7-12)30(19,27)28/h6-9,11H,4-5,10H2,1-3H3,(H,20,24)(H,21,26)(H2,19,27,28)/t11-/m1/s1. The molecule has 164 valence electrons. The van der Waals surface area contributed by atoms with E-state index in [9.17, 15) is 27.6 Å². The van der Waals surface area contributed by atoms with E-state index in [1.165, 1.54) is 31.2 Å². The van der Waals surface area contributed by atoms with Crippen molar-refractivity contribution >= 4 is 39.5 Å². The number of carbonyl (C=O) groups is 4. The van der Waals surface area contributed by atoms with E-state index >= 15 is 0 Å². The minimum atomic E-state index is -3.86. The number of esters is 1.